The van der Waals surface area contributed by atoms with Gasteiger partial charge in [-0.25, -0.2) is 13.1 Å². The summed E-state index contributed by atoms with van der Waals surface area (Å²) in [7, 11) is -3.45. The summed E-state index contributed by atoms with van der Waals surface area (Å²) < 4.78 is 30.1. The molecule has 116 valence electrons. The number of nitrogens with one attached hydrogen (secondary N) is 1. The number of rotatable bonds is 4. The summed E-state index contributed by atoms with van der Waals surface area (Å²) in [5.41, 5.74) is -0.179. The lowest BCUT2D eigenvalue weighted by molar-refractivity contribution is -0.00810. The van der Waals surface area contributed by atoms with Crippen molar-refractivity contribution in [2.75, 3.05) is 0 Å². The zero-order chi connectivity index (χ0) is 14.7. The number of aryl methyl sites for hydroxylation is 1. The molecule has 0 aromatic carbocycles. The van der Waals surface area contributed by atoms with Gasteiger partial charge in [-0.1, -0.05) is 0 Å². The third-order valence-corrected chi connectivity index (χ3v) is 7.17. The molecule has 5 rings (SSSR count). The lowest BCUT2D eigenvalue weighted by Gasteiger charge is -2.56. The van der Waals surface area contributed by atoms with E-state index in [-0.39, 0.29) is 5.54 Å². The second kappa shape index (κ2) is 4.56. The summed E-state index contributed by atoms with van der Waals surface area (Å²) in [6.45, 7) is 2.64. The van der Waals surface area contributed by atoms with Crippen molar-refractivity contribution >= 4 is 10.0 Å². The zero-order valence-electron chi connectivity index (χ0n) is 12.5. The van der Waals surface area contributed by atoms with Crippen LogP contribution in [-0.4, -0.2) is 23.7 Å². The standard InChI is InChI=1S/C15H23N3O2S/c1-2-18-10-14(9-16-18)21(19,20)17-15-6-11-3-12(7-15)5-13(4-11)8-15/h9-13,17H,2-8H2,1H3. The minimum Gasteiger partial charge on any atom is -0.272 e. The average molecular weight is 309 g/mol. The summed E-state index contributed by atoms with van der Waals surface area (Å²) in [6.07, 6.45) is 10.1. The van der Waals surface area contributed by atoms with E-state index in [1.807, 2.05) is 6.92 Å². The second-order valence-corrected chi connectivity index (χ2v) is 9.02. The summed E-state index contributed by atoms with van der Waals surface area (Å²) in [5.74, 6) is 2.20. The molecule has 4 aliphatic carbocycles. The third kappa shape index (κ3) is 2.32. The van der Waals surface area contributed by atoms with Crippen LogP contribution in [0.1, 0.15) is 45.4 Å². The van der Waals surface area contributed by atoms with Crippen molar-refractivity contribution in [1.82, 2.24) is 14.5 Å². The minimum atomic E-state index is -3.45. The van der Waals surface area contributed by atoms with E-state index < -0.39 is 10.0 Å². The Kier molecular flexibility index (Phi) is 2.99. The van der Waals surface area contributed by atoms with Gasteiger partial charge in [0.1, 0.15) is 4.90 Å². The van der Waals surface area contributed by atoms with Gasteiger partial charge in [0, 0.05) is 18.3 Å². The first-order chi connectivity index (χ1) is 9.98. The van der Waals surface area contributed by atoms with Crippen molar-refractivity contribution in [2.45, 2.75) is 62.4 Å². The van der Waals surface area contributed by atoms with Crippen molar-refractivity contribution in [3.8, 4) is 0 Å². The minimum absolute atomic E-state index is 0.179. The molecule has 0 amide bonds. The topological polar surface area (TPSA) is 64.0 Å². The predicted molar refractivity (Wildman–Crippen MR) is 79.1 cm³/mol. The van der Waals surface area contributed by atoms with Gasteiger partial charge in [0.15, 0.2) is 0 Å². The quantitative estimate of drug-likeness (QED) is 0.927. The lowest BCUT2D eigenvalue weighted by atomic mass is 9.53. The van der Waals surface area contributed by atoms with Crippen LogP contribution in [0, 0.1) is 17.8 Å². The van der Waals surface area contributed by atoms with Crippen LogP contribution in [0.2, 0.25) is 0 Å². The highest BCUT2D eigenvalue weighted by molar-refractivity contribution is 7.89. The summed E-state index contributed by atoms with van der Waals surface area (Å²) >= 11 is 0. The van der Waals surface area contributed by atoms with Crippen LogP contribution in [-0.2, 0) is 16.6 Å². The number of hydrogen-bond acceptors (Lipinski definition) is 3. The van der Waals surface area contributed by atoms with Crippen LogP contribution in [0.25, 0.3) is 0 Å². The maximum atomic E-state index is 12.7. The normalized spacial score (nSPS) is 38.0. The fourth-order valence-electron chi connectivity index (χ4n) is 5.24. The van der Waals surface area contributed by atoms with E-state index in [0.717, 1.165) is 37.0 Å². The van der Waals surface area contributed by atoms with Gasteiger partial charge in [0.25, 0.3) is 0 Å². The Labute approximate surface area is 126 Å². The molecule has 1 heterocycles. The molecular formula is C15H23N3O2S. The van der Waals surface area contributed by atoms with E-state index in [2.05, 4.69) is 9.82 Å². The summed E-state index contributed by atoms with van der Waals surface area (Å²) in [5, 5.41) is 4.09. The lowest BCUT2D eigenvalue weighted by Crippen LogP contribution is -2.59. The van der Waals surface area contributed by atoms with E-state index >= 15 is 0 Å². The van der Waals surface area contributed by atoms with Gasteiger partial charge >= 0.3 is 0 Å². The predicted octanol–water partition coefficient (Wildman–Crippen LogP) is 2.15. The Morgan fingerprint density at radius 2 is 1.81 bits per heavy atom. The Morgan fingerprint density at radius 3 is 2.29 bits per heavy atom. The van der Waals surface area contributed by atoms with Crippen LogP contribution in [0.15, 0.2) is 17.3 Å². The Bertz CT molecular complexity index is 614. The largest absolute Gasteiger partial charge is 0.272 e. The summed E-state index contributed by atoms with van der Waals surface area (Å²) in [6, 6.07) is 0. The monoisotopic (exact) mass is 309 g/mol. The Balaban J connectivity index is 1.60. The molecule has 1 N–H and O–H groups in total. The molecule has 4 aliphatic rings. The number of aromatic nitrogens is 2. The van der Waals surface area contributed by atoms with Crippen LogP contribution >= 0.6 is 0 Å². The highest BCUT2D eigenvalue weighted by atomic mass is 32.2. The van der Waals surface area contributed by atoms with Gasteiger partial charge < -0.3 is 0 Å². The average Bonchev–Trinajstić information content (AvgIpc) is 2.85. The van der Waals surface area contributed by atoms with Gasteiger partial charge in [0.2, 0.25) is 10.0 Å². The van der Waals surface area contributed by atoms with Crippen molar-refractivity contribution in [1.29, 1.82) is 0 Å². The van der Waals surface area contributed by atoms with E-state index in [1.54, 1.807) is 10.9 Å². The van der Waals surface area contributed by atoms with Gasteiger partial charge in [0.05, 0.1) is 6.20 Å². The Hall–Kier alpha value is -0.880. The van der Waals surface area contributed by atoms with Crippen LogP contribution in [0.4, 0.5) is 0 Å². The second-order valence-electron chi connectivity index (χ2n) is 7.34. The number of sulfonamides is 1. The summed E-state index contributed by atoms with van der Waals surface area (Å²) in [4.78, 5) is 0.306. The van der Waals surface area contributed by atoms with Crippen LogP contribution in [0.5, 0.6) is 0 Å². The van der Waals surface area contributed by atoms with Gasteiger partial charge in [-0.3, -0.25) is 4.68 Å². The maximum Gasteiger partial charge on any atom is 0.244 e. The van der Waals surface area contributed by atoms with E-state index in [4.69, 9.17) is 0 Å². The first kappa shape index (κ1) is 13.8. The van der Waals surface area contributed by atoms with Crippen LogP contribution < -0.4 is 4.72 Å². The molecule has 5 nitrogen and oxygen atoms in total. The zero-order valence-corrected chi connectivity index (χ0v) is 13.3. The fourth-order valence-corrected chi connectivity index (χ4v) is 6.62. The highest BCUT2D eigenvalue weighted by Gasteiger charge is 2.52. The smallest absolute Gasteiger partial charge is 0.244 e. The first-order valence-electron chi connectivity index (χ1n) is 8.04. The molecule has 21 heavy (non-hydrogen) atoms. The van der Waals surface area contributed by atoms with Gasteiger partial charge in [-0.05, 0) is 63.2 Å². The van der Waals surface area contributed by atoms with Gasteiger partial charge in [-0.15, -0.1) is 0 Å². The third-order valence-electron chi connectivity index (χ3n) is 5.63. The van der Waals surface area contributed by atoms with Crippen LogP contribution in [0.3, 0.4) is 0 Å². The molecule has 0 spiro atoms. The Morgan fingerprint density at radius 1 is 1.24 bits per heavy atom. The molecule has 1 aromatic heterocycles. The molecule has 0 saturated heterocycles. The molecule has 1 aromatic rings. The van der Waals surface area contributed by atoms with Crippen molar-refractivity contribution < 1.29 is 8.42 Å². The van der Waals surface area contributed by atoms with E-state index in [9.17, 15) is 8.42 Å². The van der Waals surface area contributed by atoms with Crippen molar-refractivity contribution in [2.24, 2.45) is 17.8 Å². The maximum absolute atomic E-state index is 12.7. The molecule has 0 atom stereocenters. The highest BCUT2D eigenvalue weighted by Crippen LogP contribution is 2.55. The molecule has 0 unspecified atom stereocenters. The SMILES string of the molecule is CCn1cc(S(=O)(=O)NC23CC4CC(CC(C4)C2)C3)cn1. The number of nitrogens with zero attached hydrogens (tertiary/aromatic N) is 2. The van der Waals surface area contributed by atoms with E-state index in [0.29, 0.717) is 11.4 Å². The van der Waals surface area contributed by atoms with Gasteiger partial charge in [-0.2, -0.15) is 5.10 Å². The van der Waals surface area contributed by atoms with Crippen molar-refractivity contribution in [3.63, 3.8) is 0 Å². The molecule has 4 fully saturated rings. The van der Waals surface area contributed by atoms with E-state index in [1.165, 1.54) is 25.5 Å². The molecule has 0 aliphatic heterocycles. The first-order valence-corrected chi connectivity index (χ1v) is 9.53. The molecule has 4 bridgehead atoms. The molecule has 0 radical (unpaired) electrons. The number of hydrogen-bond donors (Lipinski definition) is 1. The molecule has 4 saturated carbocycles. The molecule has 6 heteroatoms. The van der Waals surface area contributed by atoms with Crippen molar-refractivity contribution in [3.05, 3.63) is 12.4 Å². The molecular weight excluding hydrogens is 286 g/mol. The fraction of sp³-hybridized carbons (Fsp3) is 0.800.